The van der Waals surface area contributed by atoms with Crippen LogP contribution in [-0.4, -0.2) is 34.9 Å². The lowest BCUT2D eigenvalue weighted by Crippen LogP contribution is -2.41. The van der Waals surface area contributed by atoms with Gasteiger partial charge in [0.2, 0.25) is 5.91 Å². The fourth-order valence-corrected chi connectivity index (χ4v) is 6.20. The number of carbonyl (C=O) groups excluding carboxylic acids is 1. The van der Waals surface area contributed by atoms with Gasteiger partial charge in [-0.3, -0.25) is 9.69 Å². The SMILES string of the molecule is Cc1nc(CN2CCC3(CC2)C[C@H](CC(=O)NC2CCC2)c2ccccc23)cs1. The Hall–Kier alpha value is -1.72. The van der Waals surface area contributed by atoms with Gasteiger partial charge in [-0.2, -0.15) is 0 Å². The second-order valence-electron chi connectivity index (χ2n) is 9.30. The van der Waals surface area contributed by atoms with E-state index in [0.717, 1.165) is 43.9 Å². The van der Waals surface area contributed by atoms with Gasteiger partial charge in [-0.25, -0.2) is 4.98 Å². The molecule has 4 nitrogen and oxygen atoms in total. The minimum atomic E-state index is 0.253. The van der Waals surface area contributed by atoms with E-state index in [1.54, 1.807) is 11.3 Å². The van der Waals surface area contributed by atoms with Crippen molar-refractivity contribution in [2.75, 3.05) is 13.1 Å². The van der Waals surface area contributed by atoms with Gasteiger partial charge in [0.15, 0.2) is 0 Å². The number of hydrogen-bond donors (Lipinski definition) is 1. The number of benzene rings is 1. The van der Waals surface area contributed by atoms with E-state index in [-0.39, 0.29) is 11.3 Å². The molecule has 1 saturated heterocycles. The van der Waals surface area contributed by atoms with Crippen molar-refractivity contribution in [3.63, 3.8) is 0 Å². The number of aryl methyl sites for hydroxylation is 1. The zero-order chi connectivity index (χ0) is 19.8. The molecule has 1 saturated carbocycles. The molecule has 5 heteroatoms. The number of nitrogens with zero attached hydrogens (tertiary/aromatic N) is 2. The van der Waals surface area contributed by atoms with Crippen LogP contribution in [0.2, 0.25) is 0 Å². The standard InChI is InChI=1S/C24H31N3OS/c1-17-25-20(16-29-17)15-27-11-9-24(10-12-27)14-18(21-7-2-3-8-22(21)24)13-23(28)26-19-5-4-6-19/h2-3,7-8,16,18-19H,4-6,9-15H2,1H3,(H,26,28)/t18-/m0/s1. The Morgan fingerprint density at radius 2 is 2.07 bits per heavy atom. The quantitative estimate of drug-likeness (QED) is 0.789. The van der Waals surface area contributed by atoms with Gasteiger partial charge in [0.25, 0.3) is 0 Å². The number of amides is 1. The van der Waals surface area contributed by atoms with Crippen molar-refractivity contribution in [2.24, 2.45) is 0 Å². The van der Waals surface area contributed by atoms with Crippen molar-refractivity contribution in [2.45, 2.75) is 75.8 Å². The monoisotopic (exact) mass is 409 g/mol. The molecule has 2 aromatic rings. The lowest BCUT2D eigenvalue weighted by atomic mass is 9.73. The second kappa shape index (κ2) is 7.84. The highest BCUT2D eigenvalue weighted by Gasteiger charge is 2.45. The molecule has 1 atom stereocenters. The van der Waals surface area contributed by atoms with Crippen LogP contribution in [0.25, 0.3) is 0 Å². The number of nitrogens with one attached hydrogen (secondary N) is 1. The third-order valence-corrected chi connectivity index (χ3v) is 8.20. The Morgan fingerprint density at radius 3 is 2.76 bits per heavy atom. The highest BCUT2D eigenvalue weighted by Crippen LogP contribution is 2.52. The molecule has 1 aromatic heterocycles. The number of likely N-dealkylation sites (tertiary alicyclic amines) is 1. The Bertz CT molecular complexity index is 880. The van der Waals surface area contributed by atoms with Gasteiger partial charge >= 0.3 is 0 Å². The molecular weight excluding hydrogens is 378 g/mol. The molecule has 5 rings (SSSR count). The second-order valence-corrected chi connectivity index (χ2v) is 10.4. The van der Waals surface area contributed by atoms with E-state index in [2.05, 4.69) is 51.8 Å². The highest BCUT2D eigenvalue weighted by atomic mass is 32.1. The number of hydrogen-bond acceptors (Lipinski definition) is 4. The van der Waals surface area contributed by atoms with Crippen molar-refractivity contribution in [3.8, 4) is 0 Å². The Morgan fingerprint density at radius 1 is 1.28 bits per heavy atom. The molecule has 1 N–H and O–H groups in total. The predicted octanol–water partition coefficient (Wildman–Crippen LogP) is 4.53. The zero-order valence-corrected chi connectivity index (χ0v) is 18.1. The average molecular weight is 410 g/mol. The summed E-state index contributed by atoms with van der Waals surface area (Å²) in [5.41, 5.74) is 4.42. The number of fused-ring (bicyclic) bond motifs is 2. The molecule has 0 radical (unpaired) electrons. The van der Waals surface area contributed by atoms with E-state index in [1.807, 2.05) is 0 Å². The molecule has 1 aromatic carbocycles. The first-order chi connectivity index (χ1) is 14.1. The van der Waals surface area contributed by atoms with Crippen molar-refractivity contribution in [1.29, 1.82) is 0 Å². The number of rotatable bonds is 5. The van der Waals surface area contributed by atoms with Gasteiger partial charge < -0.3 is 5.32 Å². The fraction of sp³-hybridized carbons (Fsp3) is 0.583. The topological polar surface area (TPSA) is 45.2 Å². The Labute approximate surface area is 177 Å². The van der Waals surface area contributed by atoms with E-state index >= 15 is 0 Å². The molecule has 29 heavy (non-hydrogen) atoms. The van der Waals surface area contributed by atoms with Crippen LogP contribution in [0, 0.1) is 6.92 Å². The number of aromatic nitrogens is 1. The molecule has 3 aliphatic rings. The van der Waals surface area contributed by atoms with Crippen molar-refractivity contribution in [3.05, 3.63) is 51.5 Å². The molecule has 2 fully saturated rings. The van der Waals surface area contributed by atoms with Crippen molar-refractivity contribution >= 4 is 17.2 Å². The zero-order valence-electron chi connectivity index (χ0n) is 17.3. The van der Waals surface area contributed by atoms with E-state index < -0.39 is 0 Å². The molecule has 0 bridgehead atoms. The summed E-state index contributed by atoms with van der Waals surface area (Å²) in [5.74, 6) is 0.627. The fourth-order valence-electron chi connectivity index (χ4n) is 5.60. The molecule has 1 spiro atoms. The van der Waals surface area contributed by atoms with Gasteiger partial charge in [0.1, 0.15) is 0 Å². The lowest BCUT2D eigenvalue weighted by molar-refractivity contribution is -0.122. The summed E-state index contributed by atoms with van der Waals surface area (Å²) in [6.45, 7) is 5.28. The summed E-state index contributed by atoms with van der Waals surface area (Å²) in [5, 5.41) is 6.60. The third kappa shape index (κ3) is 3.87. The minimum Gasteiger partial charge on any atom is -0.353 e. The Balaban J connectivity index is 1.26. The lowest BCUT2D eigenvalue weighted by Gasteiger charge is -2.40. The van der Waals surface area contributed by atoms with E-state index in [0.29, 0.717) is 18.4 Å². The van der Waals surface area contributed by atoms with Crippen LogP contribution < -0.4 is 5.32 Å². The van der Waals surface area contributed by atoms with Gasteiger partial charge in [0.05, 0.1) is 10.7 Å². The first-order valence-electron chi connectivity index (χ1n) is 11.1. The maximum atomic E-state index is 12.6. The van der Waals surface area contributed by atoms with Crippen LogP contribution in [0.1, 0.15) is 72.7 Å². The van der Waals surface area contributed by atoms with Gasteiger partial charge in [-0.15, -0.1) is 11.3 Å². The van der Waals surface area contributed by atoms with Crippen LogP contribution in [0.5, 0.6) is 0 Å². The number of carbonyl (C=O) groups is 1. The van der Waals surface area contributed by atoms with Gasteiger partial charge in [-0.1, -0.05) is 24.3 Å². The van der Waals surface area contributed by atoms with Gasteiger partial charge in [0, 0.05) is 24.4 Å². The molecule has 1 aliphatic heterocycles. The average Bonchev–Trinajstić information content (AvgIpc) is 3.23. The molecule has 1 amide bonds. The summed E-state index contributed by atoms with van der Waals surface area (Å²) in [6, 6.07) is 9.37. The van der Waals surface area contributed by atoms with Crippen LogP contribution in [0.15, 0.2) is 29.6 Å². The molecule has 2 heterocycles. The van der Waals surface area contributed by atoms with Gasteiger partial charge in [-0.05, 0) is 81.0 Å². The molecule has 0 unspecified atom stereocenters. The number of thiazole rings is 1. The van der Waals surface area contributed by atoms with E-state index in [9.17, 15) is 4.79 Å². The number of piperidine rings is 1. The van der Waals surface area contributed by atoms with Crippen LogP contribution in [-0.2, 0) is 16.8 Å². The van der Waals surface area contributed by atoms with Crippen molar-refractivity contribution in [1.82, 2.24) is 15.2 Å². The summed E-state index contributed by atoms with van der Waals surface area (Å²) < 4.78 is 0. The Kier molecular flexibility index (Phi) is 5.21. The summed E-state index contributed by atoms with van der Waals surface area (Å²) in [6.07, 6.45) is 7.74. The maximum Gasteiger partial charge on any atom is 0.220 e. The van der Waals surface area contributed by atoms with E-state index in [1.165, 1.54) is 36.1 Å². The predicted molar refractivity (Wildman–Crippen MR) is 117 cm³/mol. The largest absolute Gasteiger partial charge is 0.353 e. The molecule has 154 valence electrons. The van der Waals surface area contributed by atoms with Crippen molar-refractivity contribution < 1.29 is 4.79 Å². The molecular formula is C24H31N3OS. The first-order valence-corrected chi connectivity index (χ1v) is 12.0. The first kappa shape index (κ1) is 19.3. The third-order valence-electron chi connectivity index (χ3n) is 7.38. The molecule has 2 aliphatic carbocycles. The smallest absolute Gasteiger partial charge is 0.220 e. The maximum absolute atomic E-state index is 12.6. The van der Waals surface area contributed by atoms with Crippen LogP contribution in [0.4, 0.5) is 0 Å². The normalized spacial score (nSPS) is 23.7. The van der Waals surface area contributed by atoms with Crippen LogP contribution in [0.3, 0.4) is 0 Å². The summed E-state index contributed by atoms with van der Waals surface area (Å²) in [4.78, 5) is 19.8. The highest BCUT2D eigenvalue weighted by molar-refractivity contribution is 7.09. The van der Waals surface area contributed by atoms with Crippen LogP contribution >= 0.6 is 11.3 Å². The summed E-state index contributed by atoms with van der Waals surface area (Å²) >= 11 is 1.74. The van der Waals surface area contributed by atoms with E-state index in [4.69, 9.17) is 0 Å². The summed E-state index contributed by atoms with van der Waals surface area (Å²) in [7, 11) is 0. The minimum absolute atomic E-state index is 0.253.